The molecule has 0 amide bonds. The molecule has 0 fully saturated rings. The molecule has 0 unspecified atom stereocenters. The van der Waals surface area contributed by atoms with E-state index in [-0.39, 0.29) is 11.6 Å². The molecule has 88 valence electrons. The second-order valence-electron chi connectivity index (χ2n) is 3.16. The minimum absolute atomic E-state index is 0.205. The Morgan fingerprint density at radius 1 is 1.50 bits per heavy atom. The van der Waals surface area contributed by atoms with Crippen molar-refractivity contribution in [3.63, 3.8) is 0 Å². The molecular weight excluding hydrogens is 242 g/mol. The topological polar surface area (TPSA) is 69.2 Å². The Morgan fingerprint density at radius 2 is 2.12 bits per heavy atom. The Bertz CT molecular complexity index is 412. The molecule has 2 N–H and O–H groups in total. The van der Waals surface area contributed by atoms with Crippen LogP contribution < -0.4 is 5.73 Å². The van der Waals surface area contributed by atoms with Gasteiger partial charge in [0.05, 0.1) is 9.95 Å². The van der Waals surface area contributed by atoms with Crippen LogP contribution in [-0.4, -0.2) is 11.5 Å². The number of halogens is 3. The number of nitro benzene ring substituents is 1. The maximum atomic E-state index is 13.5. The van der Waals surface area contributed by atoms with Crippen LogP contribution in [0.3, 0.4) is 0 Å². The summed E-state index contributed by atoms with van der Waals surface area (Å²) < 4.78 is 26.9. The van der Waals surface area contributed by atoms with Gasteiger partial charge in [-0.1, -0.05) is 11.6 Å². The van der Waals surface area contributed by atoms with Crippen LogP contribution in [0.1, 0.15) is 12.0 Å². The van der Waals surface area contributed by atoms with E-state index in [2.05, 4.69) is 0 Å². The van der Waals surface area contributed by atoms with Gasteiger partial charge in [0.1, 0.15) is 0 Å². The monoisotopic (exact) mass is 250 g/mol. The van der Waals surface area contributed by atoms with Gasteiger partial charge in [-0.2, -0.15) is 0 Å². The highest BCUT2D eigenvalue weighted by Crippen LogP contribution is 2.37. The summed E-state index contributed by atoms with van der Waals surface area (Å²) in [7, 11) is 0. The average molecular weight is 251 g/mol. The molecule has 1 aromatic rings. The number of benzene rings is 1. The molecule has 0 atom stereocenters. The average Bonchev–Trinajstić information content (AvgIpc) is 2.17. The summed E-state index contributed by atoms with van der Waals surface area (Å²) in [5, 5.41) is 10.2. The van der Waals surface area contributed by atoms with Gasteiger partial charge in [0.25, 0.3) is 11.6 Å². The summed E-state index contributed by atoms with van der Waals surface area (Å²) >= 11 is 5.58. The van der Waals surface area contributed by atoms with Crippen LogP contribution in [-0.2, 0) is 5.92 Å². The quantitative estimate of drug-likeness (QED) is 0.660. The Labute approximate surface area is 95.2 Å². The van der Waals surface area contributed by atoms with Crippen LogP contribution in [0.4, 0.5) is 14.5 Å². The molecule has 0 saturated heterocycles. The Kier molecular flexibility index (Phi) is 3.77. The highest BCUT2D eigenvalue weighted by molar-refractivity contribution is 6.31. The van der Waals surface area contributed by atoms with E-state index in [0.717, 1.165) is 18.2 Å². The molecule has 0 bridgehead atoms. The van der Waals surface area contributed by atoms with Gasteiger partial charge in [0.2, 0.25) is 0 Å². The van der Waals surface area contributed by atoms with Crippen LogP contribution in [0.2, 0.25) is 5.02 Å². The summed E-state index contributed by atoms with van der Waals surface area (Å²) in [6, 6.07) is 2.93. The molecule has 0 radical (unpaired) electrons. The van der Waals surface area contributed by atoms with E-state index in [9.17, 15) is 18.9 Å². The molecule has 1 rings (SSSR count). The van der Waals surface area contributed by atoms with Crippen molar-refractivity contribution in [1.29, 1.82) is 0 Å². The van der Waals surface area contributed by atoms with Crippen molar-refractivity contribution in [3.8, 4) is 0 Å². The first-order valence-electron chi connectivity index (χ1n) is 4.41. The molecule has 16 heavy (non-hydrogen) atoms. The fourth-order valence-corrected chi connectivity index (χ4v) is 1.48. The van der Waals surface area contributed by atoms with E-state index in [0.29, 0.717) is 0 Å². The van der Waals surface area contributed by atoms with Crippen LogP contribution >= 0.6 is 11.6 Å². The van der Waals surface area contributed by atoms with Crippen molar-refractivity contribution in [2.75, 3.05) is 6.54 Å². The number of hydrogen-bond acceptors (Lipinski definition) is 3. The smallest absolute Gasteiger partial charge is 0.276 e. The number of nitrogens with two attached hydrogens (primary N) is 1. The van der Waals surface area contributed by atoms with Gasteiger partial charge in [0.15, 0.2) is 0 Å². The molecular formula is C9H9ClF2N2O2. The molecule has 0 aliphatic heterocycles. The molecule has 7 heteroatoms. The van der Waals surface area contributed by atoms with Gasteiger partial charge in [-0.3, -0.25) is 10.1 Å². The number of hydrogen-bond donors (Lipinski definition) is 1. The van der Waals surface area contributed by atoms with Crippen molar-refractivity contribution in [2.45, 2.75) is 12.3 Å². The highest BCUT2D eigenvalue weighted by Gasteiger charge is 2.34. The van der Waals surface area contributed by atoms with Gasteiger partial charge in [0, 0.05) is 24.1 Å². The number of rotatable bonds is 4. The summed E-state index contributed by atoms with van der Waals surface area (Å²) in [4.78, 5) is 9.69. The molecule has 0 saturated carbocycles. The SMILES string of the molecule is NCCC(F)(F)c1cc([N+](=O)[O-])ccc1Cl. The highest BCUT2D eigenvalue weighted by atomic mass is 35.5. The Balaban J connectivity index is 3.21. The largest absolute Gasteiger partial charge is 0.330 e. The lowest BCUT2D eigenvalue weighted by Crippen LogP contribution is -2.19. The maximum Gasteiger partial charge on any atom is 0.276 e. The van der Waals surface area contributed by atoms with Crippen LogP contribution in [0.5, 0.6) is 0 Å². The first kappa shape index (κ1) is 12.8. The van der Waals surface area contributed by atoms with Gasteiger partial charge in [-0.25, -0.2) is 8.78 Å². The molecule has 0 aromatic heterocycles. The van der Waals surface area contributed by atoms with E-state index in [1.807, 2.05) is 0 Å². The lowest BCUT2D eigenvalue weighted by atomic mass is 10.0. The fourth-order valence-electron chi connectivity index (χ4n) is 1.22. The second kappa shape index (κ2) is 4.71. The molecule has 0 aliphatic rings. The number of non-ortho nitro benzene ring substituents is 1. The number of nitro groups is 1. The standard InChI is InChI=1S/C9H9ClF2N2O2/c10-8-2-1-6(14(15)16)5-7(8)9(11,12)3-4-13/h1-2,5H,3-4,13H2. The summed E-state index contributed by atoms with van der Waals surface area (Å²) in [5.74, 6) is -3.25. The van der Waals surface area contributed by atoms with Crippen molar-refractivity contribution in [2.24, 2.45) is 5.73 Å². The van der Waals surface area contributed by atoms with E-state index in [1.54, 1.807) is 0 Å². The van der Waals surface area contributed by atoms with Gasteiger partial charge in [-0.15, -0.1) is 0 Å². The third kappa shape index (κ3) is 2.65. The predicted molar refractivity (Wildman–Crippen MR) is 55.7 cm³/mol. The predicted octanol–water partition coefficient (Wildman–Crippen LogP) is 2.69. The third-order valence-corrected chi connectivity index (χ3v) is 2.34. The molecule has 0 aliphatic carbocycles. The summed E-state index contributed by atoms with van der Waals surface area (Å²) in [6.07, 6.45) is -0.603. The minimum Gasteiger partial charge on any atom is -0.330 e. The minimum atomic E-state index is -3.25. The molecule has 4 nitrogen and oxygen atoms in total. The van der Waals surface area contributed by atoms with E-state index < -0.39 is 28.5 Å². The molecule has 1 aromatic carbocycles. The summed E-state index contributed by atoms with van der Waals surface area (Å²) in [5.41, 5.74) is 4.06. The number of nitrogens with zero attached hydrogens (tertiary/aromatic N) is 1. The van der Waals surface area contributed by atoms with Gasteiger partial charge < -0.3 is 5.73 Å². The van der Waals surface area contributed by atoms with Crippen LogP contribution in [0.15, 0.2) is 18.2 Å². The molecule has 0 spiro atoms. The van der Waals surface area contributed by atoms with Crippen LogP contribution in [0, 0.1) is 10.1 Å². The lowest BCUT2D eigenvalue weighted by molar-refractivity contribution is -0.385. The maximum absolute atomic E-state index is 13.5. The van der Waals surface area contributed by atoms with E-state index in [1.165, 1.54) is 0 Å². The Hall–Kier alpha value is -1.27. The lowest BCUT2D eigenvalue weighted by Gasteiger charge is -2.16. The van der Waals surface area contributed by atoms with E-state index in [4.69, 9.17) is 17.3 Å². The second-order valence-corrected chi connectivity index (χ2v) is 3.57. The van der Waals surface area contributed by atoms with Crippen molar-refractivity contribution in [1.82, 2.24) is 0 Å². The van der Waals surface area contributed by atoms with Crippen molar-refractivity contribution >= 4 is 17.3 Å². The van der Waals surface area contributed by atoms with Crippen LogP contribution in [0.25, 0.3) is 0 Å². The third-order valence-electron chi connectivity index (χ3n) is 2.01. The van der Waals surface area contributed by atoms with Gasteiger partial charge >= 0.3 is 0 Å². The summed E-state index contributed by atoms with van der Waals surface area (Å²) in [6.45, 7) is -0.230. The molecule has 0 heterocycles. The van der Waals surface area contributed by atoms with E-state index >= 15 is 0 Å². The van der Waals surface area contributed by atoms with Crippen molar-refractivity contribution < 1.29 is 13.7 Å². The zero-order valence-electron chi connectivity index (χ0n) is 8.12. The zero-order chi connectivity index (χ0) is 12.3. The van der Waals surface area contributed by atoms with Gasteiger partial charge in [-0.05, 0) is 12.6 Å². The fraction of sp³-hybridized carbons (Fsp3) is 0.333. The first-order valence-corrected chi connectivity index (χ1v) is 4.78. The Morgan fingerprint density at radius 3 is 2.62 bits per heavy atom. The van der Waals surface area contributed by atoms with Crippen molar-refractivity contribution in [3.05, 3.63) is 38.9 Å². The zero-order valence-corrected chi connectivity index (χ0v) is 8.88. The normalized spacial score (nSPS) is 11.5. The number of alkyl halides is 2. The first-order chi connectivity index (χ1) is 7.38.